The average molecular weight is 565 g/mol. The molecule has 0 N–H and O–H groups in total. The topological polar surface area (TPSA) is 69.7 Å². The smallest absolute Gasteiger partial charge is 0.303 e. The number of aromatic nitrogens is 2. The van der Waals surface area contributed by atoms with Crippen LogP contribution in [0.5, 0.6) is 0 Å². The molecule has 4 aliphatic rings. The normalized spacial score (nSPS) is 26.5. The zero-order chi connectivity index (χ0) is 28.5. The molecule has 1 unspecified atom stereocenters. The lowest BCUT2D eigenvalue weighted by molar-refractivity contribution is 0.0836. The van der Waals surface area contributed by atoms with Crippen molar-refractivity contribution in [2.45, 2.75) is 107 Å². The fourth-order valence-electron chi connectivity index (χ4n) is 8.76. The Labute approximate surface area is 250 Å². The number of aryl methyl sites for hydroxylation is 1. The van der Waals surface area contributed by atoms with Crippen LogP contribution in [0.15, 0.2) is 59.6 Å². The van der Waals surface area contributed by atoms with Gasteiger partial charge in [-0.25, -0.2) is 4.98 Å². The number of piperidine rings is 2. The lowest BCUT2D eigenvalue weighted by Crippen LogP contribution is -2.49. The lowest BCUT2D eigenvalue weighted by Gasteiger charge is -2.46. The number of rotatable bonds is 6. The monoisotopic (exact) mass is 564 g/mol. The quantitative estimate of drug-likeness (QED) is 0.189. The highest BCUT2D eigenvalue weighted by Crippen LogP contribution is 2.45. The van der Waals surface area contributed by atoms with Crippen molar-refractivity contribution in [3.05, 3.63) is 66.0 Å². The number of imidazole rings is 1. The summed E-state index contributed by atoms with van der Waals surface area (Å²) in [5, 5.41) is 9.40. The Morgan fingerprint density at radius 3 is 2.36 bits per heavy atom. The minimum atomic E-state index is 0.135. The van der Waals surface area contributed by atoms with E-state index in [1.165, 1.54) is 56.0 Å². The van der Waals surface area contributed by atoms with Crippen molar-refractivity contribution in [3.8, 4) is 6.19 Å². The number of hydrogen-bond donors (Lipinski definition) is 0. The van der Waals surface area contributed by atoms with Gasteiger partial charge in [0.15, 0.2) is 0 Å². The minimum absolute atomic E-state index is 0.135. The highest BCUT2D eigenvalue weighted by molar-refractivity contribution is 5.76. The van der Waals surface area contributed by atoms with Crippen LogP contribution in [0.25, 0.3) is 11.0 Å². The van der Waals surface area contributed by atoms with Crippen molar-refractivity contribution in [1.29, 1.82) is 5.26 Å². The molecule has 7 nitrogen and oxygen atoms in total. The molecule has 1 aliphatic carbocycles. The average Bonchev–Trinajstić information content (AvgIpc) is 3.72. The van der Waals surface area contributed by atoms with Crippen LogP contribution in [0.4, 0.5) is 0 Å². The van der Waals surface area contributed by atoms with Gasteiger partial charge in [-0.15, -0.1) is 4.99 Å². The second-order valence-electron chi connectivity index (χ2n) is 13.2. The third-order valence-corrected chi connectivity index (χ3v) is 10.9. The summed E-state index contributed by atoms with van der Waals surface area (Å²) in [7, 11) is 0. The summed E-state index contributed by atoms with van der Waals surface area (Å²) in [5.74, 6) is 1.15. The first-order valence-corrected chi connectivity index (χ1v) is 16.3. The fourth-order valence-corrected chi connectivity index (χ4v) is 8.76. The van der Waals surface area contributed by atoms with Crippen molar-refractivity contribution in [3.63, 3.8) is 0 Å². The second-order valence-corrected chi connectivity index (χ2v) is 13.2. The van der Waals surface area contributed by atoms with E-state index in [-0.39, 0.29) is 11.5 Å². The highest BCUT2D eigenvalue weighted by Gasteiger charge is 2.44. The first-order chi connectivity index (χ1) is 20.6. The second kappa shape index (κ2) is 11.7. The molecule has 4 heterocycles. The van der Waals surface area contributed by atoms with E-state index in [9.17, 15) is 5.26 Å². The molecular weight excluding hydrogens is 520 g/mol. The Kier molecular flexibility index (Phi) is 7.66. The molecule has 2 aromatic carbocycles. The number of nitriles is 1. The van der Waals surface area contributed by atoms with E-state index in [1.54, 1.807) is 0 Å². The number of amidine groups is 1. The van der Waals surface area contributed by atoms with Gasteiger partial charge >= 0.3 is 6.02 Å². The van der Waals surface area contributed by atoms with Gasteiger partial charge in [-0.05, 0) is 107 Å². The van der Waals surface area contributed by atoms with Crippen LogP contribution < -0.4 is 0 Å². The lowest BCUT2D eigenvalue weighted by atomic mass is 9.70. The van der Waals surface area contributed by atoms with E-state index in [1.807, 2.05) is 6.19 Å². The van der Waals surface area contributed by atoms with E-state index < -0.39 is 0 Å². The minimum Gasteiger partial charge on any atom is -0.461 e. The number of hydrogen-bond acceptors (Lipinski definition) is 5. The van der Waals surface area contributed by atoms with E-state index in [4.69, 9.17) is 9.72 Å². The van der Waals surface area contributed by atoms with Crippen molar-refractivity contribution in [2.75, 3.05) is 19.6 Å². The highest BCUT2D eigenvalue weighted by atomic mass is 16.5. The van der Waals surface area contributed by atoms with Gasteiger partial charge in [0.1, 0.15) is 11.9 Å². The fraction of sp³-hybridized carbons (Fsp3) is 0.571. The first-order valence-electron chi connectivity index (χ1n) is 16.3. The molecule has 2 bridgehead atoms. The molecule has 3 aliphatic heterocycles. The predicted octanol–water partition coefficient (Wildman–Crippen LogP) is 6.73. The third-order valence-electron chi connectivity index (χ3n) is 10.9. The molecule has 1 aromatic heterocycles. The van der Waals surface area contributed by atoms with Gasteiger partial charge in [0.2, 0.25) is 6.19 Å². The number of ether oxygens (including phenoxy) is 1. The van der Waals surface area contributed by atoms with E-state index in [0.29, 0.717) is 24.1 Å². The summed E-state index contributed by atoms with van der Waals surface area (Å²) >= 11 is 0. The SMILES string of the molecule is Cc1nc2ccccc2n1C1C[C@H]2CC[C@@H](C1)N2CCC1(c2ccccc2)CCN(C(=NC#N)OC2CCCC2)CC1. The van der Waals surface area contributed by atoms with Gasteiger partial charge < -0.3 is 14.2 Å². The number of benzene rings is 2. The largest absolute Gasteiger partial charge is 0.461 e. The summed E-state index contributed by atoms with van der Waals surface area (Å²) < 4.78 is 8.81. The predicted molar refractivity (Wildman–Crippen MR) is 166 cm³/mol. The summed E-state index contributed by atoms with van der Waals surface area (Å²) in [4.78, 5) is 14.1. The van der Waals surface area contributed by atoms with Gasteiger partial charge in [-0.2, -0.15) is 5.26 Å². The summed E-state index contributed by atoms with van der Waals surface area (Å²) in [6.45, 7) is 5.09. The van der Waals surface area contributed by atoms with Gasteiger partial charge in [-0.3, -0.25) is 4.90 Å². The molecule has 7 rings (SSSR count). The number of para-hydroxylation sites is 2. The number of fused-ring (bicyclic) bond motifs is 3. The van der Waals surface area contributed by atoms with Gasteiger partial charge in [0.05, 0.1) is 11.0 Å². The Hall–Kier alpha value is -3.37. The Morgan fingerprint density at radius 2 is 1.64 bits per heavy atom. The summed E-state index contributed by atoms with van der Waals surface area (Å²) in [6, 6.07) is 22.2. The first kappa shape index (κ1) is 27.5. The van der Waals surface area contributed by atoms with Gasteiger partial charge in [-0.1, -0.05) is 42.5 Å². The van der Waals surface area contributed by atoms with Gasteiger partial charge in [0.25, 0.3) is 0 Å². The maximum atomic E-state index is 9.40. The van der Waals surface area contributed by atoms with Crippen LogP contribution >= 0.6 is 0 Å². The molecule has 0 amide bonds. The molecule has 0 radical (unpaired) electrons. The third kappa shape index (κ3) is 5.19. The zero-order valence-electron chi connectivity index (χ0n) is 25.0. The van der Waals surface area contributed by atoms with E-state index in [0.717, 1.165) is 56.7 Å². The van der Waals surface area contributed by atoms with Crippen LogP contribution in [-0.4, -0.2) is 63.2 Å². The Morgan fingerprint density at radius 1 is 0.952 bits per heavy atom. The van der Waals surface area contributed by atoms with Crippen LogP contribution in [0.1, 0.15) is 88.1 Å². The van der Waals surface area contributed by atoms with Crippen molar-refractivity contribution in [1.82, 2.24) is 19.4 Å². The Bertz CT molecular complexity index is 1430. The van der Waals surface area contributed by atoms with Crippen LogP contribution in [0.2, 0.25) is 0 Å². The zero-order valence-corrected chi connectivity index (χ0v) is 25.0. The summed E-state index contributed by atoms with van der Waals surface area (Å²) in [6.07, 6.45) is 15.1. The number of nitrogens with zero attached hydrogens (tertiary/aromatic N) is 6. The number of aliphatic imine (C=N–C) groups is 1. The van der Waals surface area contributed by atoms with Crippen LogP contribution in [0.3, 0.4) is 0 Å². The van der Waals surface area contributed by atoms with Gasteiger partial charge in [0, 0.05) is 31.2 Å². The van der Waals surface area contributed by atoms with E-state index >= 15 is 0 Å². The standard InChI is InChI=1S/C35H44N6O/c1-26-38-32-13-7-8-14-33(32)41(26)30-23-28-15-16-29(24-30)40(28)22-19-35(27-9-3-2-4-10-27)17-20-39(21-18-35)34(37-25-36)42-31-11-5-6-12-31/h2-4,7-10,13-14,28-31H,5-6,11-12,15-24H2,1H3/t28-,29+,30?. The molecule has 4 fully saturated rings. The maximum absolute atomic E-state index is 9.40. The molecular formula is C35H44N6O. The van der Waals surface area contributed by atoms with Crippen LogP contribution in [-0.2, 0) is 10.2 Å². The molecule has 220 valence electrons. The molecule has 42 heavy (non-hydrogen) atoms. The number of likely N-dealkylation sites (tertiary alicyclic amines) is 1. The van der Waals surface area contributed by atoms with Crippen LogP contribution in [0, 0.1) is 18.4 Å². The van der Waals surface area contributed by atoms with Crippen molar-refractivity contribution >= 4 is 17.1 Å². The molecule has 0 spiro atoms. The molecule has 7 heteroatoms. The summed E-state index contributed by atoms with van der Waals surface area (Å²) in [5.41, 5.74) is 4.01. The maximum Gasteiger partial charge on any atom is 0.303 e. The molecule has 3 saturated heterocycles. The molecule has 1 saturated carbocycles. The van der Waals surface area contributed by atoms with E-state index in [2.05, 4.69) is 80.9 Å². The Balaban J connectivity index is 1.05. The van der Waals surface area contributed by atoms with Crippen molar-refractivity contribution < 1.29 is 4.74 Å². The van der Waals surface area contributed by atoms with Crippen molar-refractivity contribution in [2.24, 2.45) is 4.99 Å². The molecule has 3 atom stereocenters. The molecule has 3 aromatic rings.